The van der Waals surface area contributed by atoms with Gasteiger partial charge in [-0.2, -0.15) is 0 Å². The zero-order valence-electron chi connectivity index (χ0n) is 7.61. The third-order valence-corrected chi connectivity index (χ3v) is 2.62. The molecule has 0 unspecified atom stereocenters. The van der Waals surface area contributed by atoms with Crippen molar-refractivity contribution in [1.82, 2.24) is 0 Å². The van der Waals surface area contributed by atoms with E-state index in [2.05, 4.69) is 28.2 Å². The van der Waals surface area contributed by atoms with Crippen molar-refractivity contribution in [2.75, 3.05) is 17.2 Å². The Morgan fingerprint density at radius 3 is 2.92 bits per heavy atom. The minimum absolute atomic E-state index is 0.784. The van der Waals surface area contributed by atoms with Gasteiger partial charge < -0.3 is 5.32 Å². The minimum Gasteiger partial charge on any atom is -0.385 e. The molecule has 0 atom stereocenters. The largest absolute Gasteiger partial charge is 0.385 e. The zero-order chi connectivity index (χ0) is 9.68. The lowest BCUT2D eigenvalue weighted by atomic mass is 10.2. The molecule has 0 radical (unpaired) electrons. The molecular weight excluding hydrogens is 249 g/mol. The van der Waals surface area contributed by atoms with Gasteiger partial charge in [-0.1, -0.05) is 33.6 Å². The summed E-state index contributed by atoms with van der Waals surface area (Å²) in [5.41, 5.74) is 2.37. The van der Waals surface area contributed by atoms with Gasteiger partial charge in [0.05, 0.1) is 0 Å². The molecule has 3 heteroatoms. The highest BCUT2D eigenvalue weighted by Crippen LogP contribution is 2.19. The summed E-state index contributed by atoms with van der Waals surface area (Å²) in [4.78, 5) is 0. The van der Waals surface area contributed by atoms with Gasteiger partial charge in [0.15, 0.2) is 0 Å². The van der Waals surface area contributed by atoms with E-state index >= 15 is 0 Å². The molecule has 1 aromatic rings. The first-order valence-corrected chi connectivity index (χ1v) is 5.80. The van der Waals surface area contributed by atoms with E-state index in [4.69, 9.17) is 11.6 Å². The normalized spacial score (nSPS) is 10.1. The standard InChI is InChI=1S/C10H13BrClN/c1-8-3-4-9(12)7-10(8)13-6-2-5-11/h3-4,7,13H,2,5-6H2,1H3. The van der Waals surface area contributed by atoms with Crippen LogP contribution in [0, 0.1) is 6.92 Å². The molecule has 1 rings (SSSR count). The Morgan fingerprint density at radius 1 is 1.46 bits per heavy atom. The Hall–Kier alpha value is -0.210. The van der Waals surface area contributed by atoms with Crippen LogP contribution in [0.5, 0.6) is 0 Å². The third-order valence-electron chi connectivity index (χ3n) is 1.83. The van der Waals surface area contributed by atoms with Crippen LogP contribution < -0.4 is 5.32 Å². The molecule has 0 aliphatic heterocycles. The molecule has 72 valence electrons. The summed E-state index contributed by atoms with van der Waals surface area (Å²) in [5, 5.41) is 5.15. The van der Waals surface area contributed by atoms with E-state index in [1.165, 1.54) is 5.56 Å². The van der Waals surface area contributed by atoms with E-state index in [9.17, 15) is 0 Å². The van der Waals surface area contributed by atoms with Crippen molar-refractivity contribution in [3.63, 3.8) is 0 Å². The molecule has 0 amide bonds. The molecule has 1 N–H and O–H groups in total. The van der Waals surface area contributed by atoms with Crippen molar-refractivity contribution in [2.24, 2.45) is 0 Å². The second kappa shape index (κ2) is 5.51. The molecule has 13 heavy (non-hydrogen) atoms. The number of rotatable bonds is 4. The van der Waals surface area contributed by atoms with Gasteiger partial charge in [-0.3, -0.25) is 0 Å². The first kappa shape index (κ1) is 10.9. The maximum absolute atomic E-state index is 5.88. The first-order chi connectivity index (χ1) is 6.24. The molecule has 0 spiro atoms. The number of alkyl halides is 1. The fourth-order valence-electron chi connectivity index (χ4n) is 1.07. The van der Waals surface area contributed by atoms with Crippen LogP contribution in [-0.4, -0.2) is 11.9 Å². The van der Waals surface area contributed by atoms with Crippen LogP contribution in [0.25, 0.3) is 0 Å². The van der Waals surface area contributed by atoms with E-state index in [0.29, 0.717) is 0 Å². The highest BCUT2D eigenvalue weighted by molar-refractivity contribution is 9.09. The van der Waals surface area contributed by atoms with Crippen LogP contribution in [-0.2, 0) is 0 Å². The van der Waals surface area contributed by atoms with Crippen LogP contribution >= 0.6 is 27.5 Å². The second-order valence-electron chi connectivity index (χ2n) is 2.93. The van der Waals surface area contributed by atoms with E-state index in [-0.39, 0.29) is 0 Å². The molecule has 1 aromatic carbocycles. The third kappa shape index (κ3) is 3.57. The van der Waals surface area contributed by atoms with Gasteiger partial charge in [0.25, 0.3) is 0 Å². The summed E-state index contributed by atoms with van der Waals surface area (Å²) in [6, 6.07) is 5.90. The lowest BCUT2D eigenvalue weighted by Crippen LogP contribution is -2.03. The van der Waals surface area contributed by atoms with Gasteiger partial charge in [-0.15, -0.1) is 0 Å². The second-order valence-corrected chi connectivity index (χ2v) is 4.16. The molecule has 0 aliphatic carbocycles. The minimum atomic E-state index is 0.784. The number of benzene rings is 1. The number of hydrogen-bond donors (Lipinski definition) is 1. The molecular formula is C10H13BrClN. The molecule has 0 aromatic heterocycles. The van der Waals surface area contributed by atoms with Gasteiger partial charge in [0, 0.05) is 22.6 Å². The van der Waals surface area contributed by atoms with Crippen LogP contribution in [0.4, 0.5) is 5.69 Å². The summed E-state index contributed by atoms with van der Waals surface area (Å²) >= 11 is 9.27. The Bertz CT molecular complexity index is 276. The Labute approximate surface area is 92.6 Å². The first-order valence-electron chi connectivity index (χ1n) is 4.30. The quantitative estimate of drug-likeness (QED) is 0.642. The molecule has 0 aliphatic rings. The smallest absolute Gasteiger partial charge is 0.0426 e. The fraction of sp³-hybridized carbons (Fsp3) is 0.400. The number of halogens is 2. The average molecular weight is 263 g/mol. The summed E-state index contributed by atoms with van der Waals surface area (Å²) in [7, 11) is 0. The van der Waals surface area contributed by atoms with E-state index in [1.54, 1.807) is 0 Å². The predicted molar refractivity (Wildman–Crippen MR) is 63.1 cm³/mol. The number of anilines is 1. The Balaban J connectivity index is 2.59. The van der Waals surface area contributed by atoms with Crippen molar-refractivity contribution in [2.45, 2.75) is 13.3 Å². The van der Waals surface area contributed by atoms with Crippen LogP contribution in [0.15, 0.2) is 18.2 Å². The predicted octanol–water partition coefficient (Wildman–Crippen LogP) is 3.85. The van der Waals surface area contributed by atoms with Gasteiger partial charge in [-0.25, -0.2) is 0 Å². The molecule has 0 heterocycles. The highest BCUT2D eigenvalue weighted by Gasteiger charge is 1.97. The van der Waals surface area contributed by atoms with Crippen molar-refractivity contribution in [3.8, 4) is 0 Å². The lowest BCUT2D eigenvalue weighted by Gasteiger charge is -2.08. The van der Waals surface area contributed by atoms with Crippen molar-refractivity contribution in [3.05, 3.63) is 28.8 Å². The van der Waals surface area contributed by atoms with Crippen LogP contribution in [0.2, 0.25) is 5.02 Å². The maximum atomic E-state index is 5.88. The molecule has 0 bridgehead atoms. The monoisotopic (exact) mass is 261 g/mol. The average Bonchev–Trinajstić information content (AvgIpc) is 2.11. The highest BCUT2D eigenvalue weighted by atomic mass is 79.9. The molecule has 0 fully saturated rings. The van der Waals surface area contributed by atoms with Crippen molar-refractivity contribution >= 4 is 33.2 Å². The molecule has 0 saturated heterocycles. The van der Waals surface area contributed by atoms with E-state index in [1.807, 2.05) is 18.2 Å². The van der Waals surface area contributed by atoms with Crippen molar-refractivity contribution in [1.29, 1.82) is 0 Å². The molecule has 0 saturated carbocycles. The lowest BCUT2D eigenvalue weighted by molar-refractivity contribution is 0.997. The van der Waals surface area contributed by atoms with Gasteiger partial charge in [0.2, 0.25) is 0 Å². The fourth-order valence-corrected chi connectivity index (χ4v) is 1.53. The summed E-state index contributed by atoms with van der Waals surface area (Å²) in [6.45, 7) is 3.05. The number of hydrogen-bond acceptors (Lipinski definition) is 1. The summed E-state index contributed by atoms with van der Waals surface area (Å²) in [6.07, 6.45) is 1.12. The summed E-state index contributed by atoms with van der Waals surface area (Å²) in [5.74, 6) is 0. The number of aryl methyl sites for hydroxylation is 1. The Morgan fingerprint density at radius 2 is 2.23 bits per heavy atom. The number of nitrogens with one attached hydrogen (secondary N) is 1. The topological polar surface area (TPSA) is 12.0 Å². The van der Waals surface area contributed by atoms with Gasteiger partial charge in [-0.05, 0) is 31.0 Å². The van der Waals surface area contributed by atoms with E-state index in [0.717, 1.165) is 29.0 Å². The zero-order valence-corrected chi connectivity index (χ0v) is 9.95. The van der Waals surface area contributed by atoms with E-state index < -0.39 is 0 Å². The van der Waals surface area contributed by atoms with Crippen LogP contribution in [0.1, 0.15) is 12.0 Å². The summed E-state index contributed by atoms with van der Waals surface area (Å²) < 4.78 is 0. The van der Waals surface area contributed by atoms with Crippen LogP contribution in [0.3, 0.4) is 0 Å². The van der Waals surface area contributed by atoms with Gasteiger partial charge in [0.1, 0.15) is 0 Å². The maximum Gasteiger partial charge on any atom is 0.0426 e. The van der Waals surface area contributed by atoms with Crippen molar-refractivity contribution < 1.29 is 0 Å². The Kier molecular flexibility index (Phi) is 4.60. The van der Waals surface area contributed by atoms with Gasteiger partial charge >= 0.3 is 0 Å². The molecule has 1 nitrogen and oxygen atoms in total. The SMILES string of the molecule is Cc1ccc(Cl)cc1NCCCBr.